The molecule has 2 N–H and O–H groups in total. The smallest absolute Gasteiger partial charge is 0.224 e. The van der Waals surface area contributed by atoms with Crippen molar-refractivity contribution >= 4 is 23.2 Å². The van der Waals surface area contributed by atoms with Crippen LogP contribution < -0.4 is 5.32 Å². The van der Waals surface area contributed by atoms with Gasteiger partial charge in [-0.2, -0.15) is 0 Å². The van der Waals surface area contributed by atoms with Gasteiger partial charge in [0.2, 0.25) is 5.91 Å². The lowest BCUT2D eigenvalue weighted by molar-refractivity contribution is -0.116. The molecule has 2 aromatic rings. The Bertz CT molecular complexity index is 669. The zero-order chi connectivity index (χ0) is 14.1. The van der Waals surface area contributed by atoms with E-state index in [4.69, 9.17) is 11.6 Å². The Balaban J connectivity index is 1.93. The minimum Gasteiger partial charge on any atom is -0.384 e. The predicted molar refractivity (Wildman–Crippen MR) is 78.9 cm³/mol. The average molecular weight is 288 g/mol. The molecule has 0 aromatic heterocycles. The summed E-state index contributed by atoms with van der Waals surface area (Å²) in [6.45, 7) is 0. The average Bonchev–Trinajstić information content (AvgIpc) is 2.46. The molecule has 1 unspecified atom stereocenters. The molecule has 0 bridgehead atoms. The number of aryl methyl sites for hydroxylation is 1. The molecule has 1 atom stereocenters. The van der Waals surface area contributed by atoms with Crippen LogP contribution in [0.1, 0.15) is 29.2 Å². The molecule has 1 aliphatic rings. The largest absolute Gasteiger partial charge is 0.384 e. The van der Waals surface area contributed by atoms with Crippen LogP contribution in [0.15, 0.2) is 42.5 Å². The highest BCUT2D eigenvalue weighted by atomic mass is 35.5. The van der Waals surface area contributed by atoms with Gasteiger partial charge in [0.15, 0.2) is 0 Å². The molecule has 0 aliphatic carbocycles. The van der Waals surface area contributed by atoms with E-state index in [0.29, 0.717) is 17.9 Å². The highest BCUT2D eigenvalue weighted by Gasteiger charge is 2.17. The number of hydrogen-bond acceptors (Lipinski definition) is 2. The topological polar surface area (TPSA) is 49.3 Å². The Morgan fingerprint density at radius 1 is 1.10 bits per heavy atom. The summed E-state index contributed by atoms with van der Waals surface area (Å²) in [5, 5.41) is 13.9. The van der Waals surface area contributed by atoms with Gasteiger partial charge in [0.1, 0.15) is 6.10 Å². The fraction of sp³-hybridized carbons (Fsp3) is 0.188. The maximum Gasteiger partial charge on any atom is 0.224 e. The van der Waals surface area contributed by atoms with E-state index in [1.165, 1.54) is 0 Å². The van der Waals surface area contributed by atoms with Crippen molar-refractivity contribution in [3.8, 4) is 0 Å². The summed E-state index contributed by atoms with van der Waals surface area (Å²) in [4.78, 5) is 11.3. The molecule has 1 heterocycles. The zero-order valence-corrected chi connectivity index (χ0v) is 11.5. The number of halogens is 1. The molecule has 4 heteroatoms. The van der Waals surface area contributed by atoms with Crippen LogP contribution >= 0.6 is 11.6 Å². The molecule has 1 amide bonds. The third kappa shape index (κ3) is 2.55. The molecule has 2 aromatic carbocycles. The van der Waals surface area contributed by atoms with Crippen LogP contribution in [-0.2, 0) is 11.2 Å². The molecular weight excluding hydrogens is 274 g/mol. The highest BCUT2D eigenvalue weighted by Crippen LogP contribution is 2.29. The number of aliphatic hydroxyl groups excluding tert-OH is 1. The first kappa shape index (κ1) is 13.2. The Hall–Kier alpha value is -1.84. The number of aliphatic hydroxyl groups is 1. The quantitative estimate of drug-likeness (QED) is 0.890. The van der Waals surface area contributed by atoms with Crippen molar-refractivity contribution in [3.63, 3.8) is 0 Å². The van der Waals surface area contributed by atoms with Crippen LogP contribution in [0.4, 0.5) is 5.69 Å². The van der Waals surface area contributed by atoms with Crippen molar-refractivity contribution in [2.45, 2.75) is 18.9 Å². The number of nitrogens with one attached hydrogen (secondary N) is 1. The van der Waals surface area contributed by atoms with Gasteiger partial charge in [-0.15, -0.1) is 0 Å². The van der Waals surface area contributed by atoms with Gasteiger partial charge in [-0.25, -0.2) is 0 Å². The molecular formula is C16H14ClNO2. The van der Waals surface area contributed by atoms with Crippen molar-refractivity contribution in [1.82, 2.24) is 0 Å². The van der Waals surface area contributed by atoms with Crippen molar-refractivity contribution in [3.05, 3.63) is 64.2 Å². The summed E-state index contributed by atoms with van der Waals surface area (Å²) < 4.78 is 0. The summed E-state index contributed by atoms with van der Waals surface area (Å²) in [7, 11) is 0. The minimum atomic E-state index is -0.711. The van der Waals surface area contributed by atoms with Gasteiger partial charge in [-0.3, -0.25) is 4.79 Å². The van der Waals surface area contributed by atoms with Gasteiger partial charge in [-0.05, 0) is 41.3 Å². The SMILES string of the molecule is O=C1CCc2cc(C(O)c3cccc(Cl)c3)ccc2N1. The summed E-state index contributed by atoms with van der Waals surface area (Å²) in [5.74, 6) is 0.0423. The summed E-state index contributed by atoms with van der Waals surface area (Å²) in [6, 6.07) is 12.8. The number of benzene rings is 2. The molecule has 3 rings (SSSR count). The number of hydrogen-bond donors (Lipinski definition) is 2. The van der Waals surface area contributed by atoms with Gasteiger partial charge in [0.25, 0.3) is 0 Å². The van der Waals surface area contributed by atoms with Crippen LogP contribution in [0.25, 0.3) is 0 Å². The predicted octanol–water partition coefficient (Wildman–Crippen LogP) is 3.31. The van der Waals surface area contributed by atoms with Crippen molar-refractivity contribution in [2.75, 3.05) is 5.32 Å². The first-order valence-corrected chi connectivity index (χ1v) is 6.87. The van der Waals surface area contributed by atoms with Crippen LogP contribution in [0.2, 0.25) is 5.02 Å². The van der Waals surface area contributed by atoms with Crippen LogP contribution in [0.5, 0.6) is 0 Å². The number of amides is 1. The molecule has 0 saturated heterocycles. The second kappa shape index (κ2) is 5.27. The number of fused-ring (bicyclic) bond motifs is 1. The van der Waals surface area contributed by atoms with Crippen molar-refractivity contribution in [2.24, 2.45) is 0 Å². The molecule has 1 aliphatic heterocycles. The van der Waals surface area contributed by atoms with E-state index in [2.05, 4.69) is 5.32 Å². The van der Waals surface area contributed by atoms with Gasteiger partial charge in [-0.1, -0.05) is 35.9 Å². The van der Waals surface area contributed by atoms with Gasteiger partial charge in [0, 0.05) is 17.1 Å². The Labute approximate surface area is 122 Å². The lowest BCUT2D eigenvalue weighted by Gasteiger charge is -2.19. The van der Waals surface area contributed by atoms with E-state index in [-0.39, 0.29) is 5.91 Å². The minimum absolute atomic E-state index is 0.0423. The Morgan fingerprint density at radius 2 is 1.90 bits per heavy atom. The van der Waals surface area contributed by atoms with E-state index in [1.54, 1.807) is 12.1 Å². The fourth-order valence-electron chi connectivity index (χ4n) is 2.44. The van der Waals surface area contributed by atoms with Crippen LogP contribution in [-0.4, -0.2) is 11.0 Å². The molecule has 3 nitrogen and oxygen atoms in total. The summed E-state index contributed by atoms with van der Waals surface area (Å²) in [5.41, 5.74) is 3.46. The highest BCUT2D eigenvalue weighted by molar-refractivity contribution is 6.30. The van der Waals surface area contributed by atoms with E-state index in [0.717, 1.165) is 22.4 Å². The molecule has 102 valence electrons. The lowest BCUT2D eigenvalue weighted by Crippen LogP contribution is -2.19. The molecule has 0 spiro atoms. The molecule has 0 saturated carbocycles. The monoisotopic (exact) mass is 287 g/mol. The maximum absolute atomic E-state index is 11.3. The van der Waals surface area contributed by atoms with E-state index in [1.807, 2.05) is 30.3 Å². The van der Waals surface area contributed by atoms with Crippen LogP contribution in [0, 0.1) is 0 Å². The van der Waals surface area contributed by atoms with E-state index in [9.17, 15) is 9.90 Å². The van der Waals surface area contributed by atoms with Crippen molar-refractivity contribution in [1.29, 1.82) is 0 Å². The third-order valence-corrected chi connectivity index (χ3v) is 3.74. The number of carbonyl (C=O) groups excluding carboxylic acids is 1. The van der Waals surface area contributed by atoms with Gasteiger partial charge in [0.05, 0.1) is 0 Å². The van der Waals surface area contributed by atoms with E-state index < -0.39 is 6.10 Å². The summed E-state index contributed by atoms with van der Waals surface area (Å²) >= 11 is 5.95. The molecule has 20 heavy (non-hydrogen) atoms. The second-order valence-corrected chi connectivity index (χ2v) is 5.36. The normalized spacial score (nSPS) is 15.4. The van der Waals surface area contributed by atoms with Crippen LogP contribution in [0.3, 0.4) is 0 Å². The number of rotatable bonds is 2. The third-order valence-electron chi connectivity index (χ3n) is 3.50. The lowest BCUT2D eigenvalue weighted by atomic mass is 9.95. The maximum atomic E-state index is 11.3. The van der Waals surface area contributed by atoms with Crippen molar-refractivity contribution < 1.29 is 9.90 Å². The summed E-state index contributed by atoms with van der Waals surface area (Å²) in [6.07, 6.45) is 0.484. The number of anilines is 1. The van der Waals surface area contributed by atoms with Gasteiger partial charge >= 0.3 is 0 Å². The second-order valence-electron chi connectivity index (χ2n) is 4.92. The van der Waals surface area contributed by atoms with E-state index >= 15 is 0 Å². The number of carbonyl (C=O) groups is 1. The fourth-order valence-corrected chi connectivity index (χ4v) is 2.64. The Morgan fingerprint density at radius 3 is 2.70 bits per heavy atom. The zero-order valence-electron chi connectivity index (χ0n) is 10.8. The Kier molecular flexibility index (Phi) is 3.47. The first-order chi connectivity index (χ1) is 9.63. The molecule has 0 fully saturated rings. The van der Waals surface area contributed by atoms with Gasteiger partial charge < -0.3 is 10.4 Å². The molecule has 0 radical (unpaired) electrons. The first-order valence-electron chi connectivity index (χ1n) is 6.50. The standard InChI is InChI=1S/C16H14ClNO2/c17-13-3-1-2-11(9-13)16(20)12-4-6-14-10(8-12)5-7-15(19)18-14/h1-4,6,8-9,16,20H,5,7H2,(H,18,19).